The van der Waals surface area contributed by atoms with Crippen LogP contribution in [0.3, 0.4) is 0 Å². The first-order valence-electron chi connectivity index (χ1n) is 9.64. The van der Waals surface area contributed by atoms with Gasteiger partial charge in [-0.2, -0.15) is 0 Å². The van der Waals surface area contributed by atoms with Crippen molar-refractivity contribution in [2.75, 3.05) is 22.5 Å². The van der Waals surface area contributed by atoms with Crippen molar-refractivity contribution in [1.82, 2.24) is 0 Å². The zero-order valence-corrected chi connectivity index (χ0v) is 18.6. The predicted molar refractivity (Wildman–Crippen MR) is 124 cm³/mol. The van der Waals surface area contributed by atoms with Gasteiger partial charge in [-0.25, -0.2) is 8.42 Å². The van der Waals surface area contributed by atoms with Crippen LogP contribution < -0.4 is 20.1 Å². The Kier molecular flexibility index (Phi) is 6.79. The highest BCUT2D eigenvalue weighted by Crippen LogP contribution is 2.28. The van der Waals surface area contributed by atoms with Gasteiger partial charge in [0.1, 0.15) is 5.75 Å². The molecule has 0 aromatic heterocycles. The SMILES string of the molecule is COc1ccc(NC(C)=O)cc1NC(=O)c1cccc(S(=O)(=O)Nc2ccc(C)cc2)c1. The van der Waals surface area contributed by atoms with Crippen molar-refractivity contribution in [3.8, 4) is 5.75 Å². The van der Waals surface area contributed by atoms with Crippen molar-refractivity contribution in [3.05, 3.63) is 77.9 Å². The van der Waals surface area contributed by atoms with E-state index < -0.39 is 15.9 Å². The lowest BCUT2D eigenvalue weighted by Gasteiger charge is -2.13. The summed E-state index contributed by atoms with van der Waals surface area (Å²) >= 11 is 0. The van der Waals surface area contributed by atoms with Crippen molar-refractivity contribution in [3.63, 3.8) is 0 Å². The van der Waals surface area contributed by atoms with Gasteiger partial charge >= 0.3 is 0 Å². The zero-order chi connectivity index (χ0) is 23.3. The average Bonchev–Trinajstić information content (AvgIpc) is 2.75. The molecule has 3 aromatic carbocycles. The van der Waals surface area contributed by atoms with Gasteiger partial charge in [0.15, 0.2) is 0 Å². The highest BCUT2D eigenvalue weighted by Gasteiger charge is 2.18. The molecule has 0 aliphatic heterocycles. The van der Waals surface area contributed by atoms with E-state index in [0.29, 0.717) is 22.8 Å². The van der Waals surface area contributed by atoms with E-state index in [9.17, 15) is 18.0 Å². The molecule has 0 radical (unpaired) electrons. The molecule has 3 aromatic rings. The Hall–Kier alpha value is -3.85. The van der Waals surface area contributed by atoms with Crippen LogP contribution in [-0.4, -0.2) is 27.3 Å². The maximum Gasteiger partial charge on any atom is 0.261 e. The maximum absolute atomic E-state index is 12.8. The van der Waals surface area contributed by atoms with E-state index >= 15 is 0 Å². The number of anilines is 3. The Bertz CT molecular complexity index is 1250. The van der Waals surface area contributed by atoms with Crippen LogP contribution in [0.4, 0.5) is 17.1 Å². The fraction of sp³-hybridized carbons (Fsp3) is 0.130. The van der Waals surface area contributed by atoms with Gasteiger partial charge in [-0.1, -0.05) is 23.8 Å². The molecule has 32 heavy (non-hydrogen) atoms. The van der Waals surface area contributed by atoms with Crippen LogP contribution in [0.2, 0.25) is 0 Å². The zero-order valence-electron chi connectivity index (χ0n) is 17.8. The number of amides is 2. The summed E-state index contributed by atoms with van der Waals surface area (Å²) < 4.78 is 33.3. The molecular formula is C23H23N3O5S. The Morgan fingerprint density at radius 2 is 1.56 bits per heavy atom. The van der Waals surface area contributed by atoms with Crippen molar-refractivity contribution in [2.45, 2.75) is 18.7 Å². The lowest BCUT2D eigenvalue weighted by molar-refractivity contribution is -0.114. The van der Waals surface area contributed by atoms with Gasteiger partial charge in [-0.3, -0.25) is 14.3 Å². The number of carbonyl (C=O) groups is 2. The number of hydrogen-bond acceptors (Lipinski definition) is 5. The van der Waals surface area contributed by atoms with Crippen LogP contribution >= 0.6 is 0 Å². The second-order valence-electron chi connectivity index (χ2n) is 7.05. The molecule has 0 spiro atoms. The van der Waals surface area contributed by atoms with E-state index in [-0.39, 0.29) is 16.4 Å². The largest absolute Gasteiger partial charge is 0.495 e. The smallest absolute Gasteiger partial charge is 0.261 e. The van der Waals surface area contributed by atoms with Gasteiger partial charge in [0, 0.05) is 23.9 Å². The van der Waals surface area contributed by atoms with E-state index in [0.717, 1.165) is 5.56 Å². The van der Waals surface area contributed by atoms with Crippen LogP contribution in [0, 0.1) is 6.92 Å². The first-order valence-corrected chi connectivity index (χ1v) is 11.1. The lowest BCUT2D eigenvalue weighted by atomic mass is 10.2. The van der Waals surface area contributed by atoms with Crippen LogP contribution in [0.1, 0.15) is 22.8 Å². The molecule has 0 saturated carbocycles. The van der Waals surface area contributed by atoms with E-state index in [1.165, 1.54) is 38.3 Å². The standard InChI is InChI=1S/C23H23N3O5S/c1-15-7-9-18(10-8-15)26-32(29,30)20-6-4-5-17(13-20)23(28)25-21-14-19(24-16(2)27)11-12-22(21)31-3/h4-14,26H,1-3H3,(H,24,27)(H,25,28). The van der Waals surface area contributed by atoms with Gasteiger partial charge in [-0.15, -0.1) is 0 Å². The Balaban J connectivity index is 1.84. The fourth-order valence-electron chi connectivity index (χ4n) is 2.92. The number of rotatable bonds is 7. The second-order valence-corrected chi connectivity index (χ2v) is 8.73. The number of methoxy groups -OCH3 is 1. The van der Waals surface area contributed by atoms with Gasteiger partial charge in [0.2, 0.25) is 5.91 Å². The number of hydrogen-bond donors (Lipinski definition) is 3. The van der Waals surface area contributed by atoms with Crippen molar-refractivity contribution in [2.24, 2.45) is 0 Å². The summed E-state index contributed by atoms with van der Waals surface area (Å²) in [6.45, 7) is 3.28. The summed E-state index contributed by atoms with van der Waals surface area (Å²) in [6, 6.07) is 17.4. The number of carbonyl (C=O) groups excluding carboxylic acids is 2. The van der Waals surface area contributed by atoms with Gasteiger partial charge in [-0.05, 0) is 55.5 Å². The number of aryl methyl sites for hydroxylation is 1. The summed E-state index contributed by atoms with van der Waals surface area (Å²) in [7, 11) is -2.44. The third-order valence-electron chi connectivity index (χ3n) is 4.48. The molecule has 0 heterocycles. The fourth-order valence-corrected chi connectivity index (χ4v) is 4.03. The number of benzene rings is 3. The van der Waals surface area contributed by atoms with E-state index in [1.54, 1.807) is 42.5 Å². The minimum absolute atomic E-state index is 0.0512. The van der Waals surface area contributed by atoms with E-state index in [1.807, 2.05) is 6.92 Å². The molecule has 3 rings (SSSR count). The highest BCUT2D eigenvalue weighted by atomic mass is 32.2. The molecule has 0 aliphatic carbocycles. The molecule has 0 fully saturated rings. The van der Waals surface area contributed by atoms with Crippen LogP contribution in [0.5, 0.6) is 5.75 Å². The molecule has 0 bridgehead atoms. The summed E-state index contributed by atoms with van der Waals surface area (Å²) in [5.41, 5.74) is 2.38. The molecule has 0 saturated heterocycles. The molecule has 166 valence electrons. The molecule has 8 nitrogen and oxygen atoms in total. The van der Waals surface area contributed by atoms with Gasteiger partial charge < -0.3 is 15.4 Å². The predicted octanol–water partition coefficient (Wildman–Crippen LogP) is 4.02. The third-order valence-corrected chi connectivity index (χ3v) is 5.86. The monoisotopic (exact) mass is 453 g/mol. The molecule has 3 N–H and O–H groups in total. The molecule has 2 amide bonds. The summed E-state index contributed by atoms with van der Waals surface area (Å²) in [5.74, 6) is -0.403. The maximum atomic E-state index is 12.8. The molecule has 0 unspecified atom stereocenters. The van der Waals surface area contributed by atoms with Crippen LogP contribution in [0.15, 0.2) is 71.6 Å². The van der Waals surface area contributed by atoms with Crippen LogP contribution in [-0.2, 0) is 14.8 Å². The van der Waals surface area contributed by atoms with Crippen molar-refractivity contribution < 1.29 is 22.7 Å². The number of nitrogens with one attached hydrogen (secondary N) is 3. The summed E-state index contributed by atoms with van der Waals surface area (Å²) in [6.07, 6.45) is 0. The molecule has 9 heteroatoms. The normalized spacial score (nSPS) is 10.8. The van der Waals surface area contributed by atoms with Gasteiger partial charge in [0.25, 0.3) is 15.9 Å². The average molecular weight is 454 g/mol. The Morgan fingerprint density at radius 1 is 0.875 bits per heavy atom. The van der Waals surface area contributed by atoms with Crippen molar-refractivity contribution in [1.29, 1.82) is 0 Å². The summed E-state index contributed by atoms with van der Waals surface area (Å²) in [4.78, 5) is 24.1. The first-order chi connectivity index (χ1) is 15.2. The summed E-state index contributed by atoms with van der Waals surface area (Å²) in [5, 5.41) is 5.33. The Labute approximate surface area is 186 Å². The number of sulfonamides is 1. The first kappa shape index (κ1) is 22.8. The highest BCUT2D eigenvalue weighted by molar-refractivity contribution is 7.92. The van der Waals surface area contributed by atoms with E-state index in [2.05, 4.69) is 15.4 Å². The second kappa shape index (κ2) is 9.52. The quantitative estimate of drug-likeness (QED) is 0.500. The molecule has 0 aliphatic rings. The Morgan fingerprint density at radius 3 is 2.22 bits per heavy atom. The topological polar surface area (TPSA) is 114 Å². The lowest BCUT2D eigenvalue weighted by Crippen LogP contribution is -2.16. The number of ether oxygens (including phenoxy) is 1. The van der Waals surface area contributed by atoms with Crippen LogP contribution in [0.25, 0.3) is 0 Å². The van der Waals surface area contributed by atoms with Crippen molar-refractivity contribution >= 4 is 38.9 Å². The third kappa shape index (κ3) is 5.64. The molecule has 0 atom stereocenters. The van der Waals surface area contributed by atoms with Gasteiger partial charge in [0.05, 0.1) is 17.7 Å². The molecular weight excluding hydrogens is 430 g/mol. The minimum atomic E-state index is -3.89. The minimum Gasteiger partial charge on any atom is -0.495 e. The van der Waals surface area contributed by atoms with E-state index in [4.69, 9.17) is 4.74 Å².